The van der Waals surface area contributed by atoms with Crippen molar-refractivity contribution in [2.45, 2.75) is 79.1 Å². The van der Waals surface area contributed by atoms with Crippen molar-refractivity contribution in [2.24, 2.45) is 22.7 Å². The summed E-state index contributed by atoms with van der Waals surface area (Å²) >= 11 is 0. The van der Waals surface area contributed by atoms with Crippen LogP contribution in [0.25, 0.3) is 44.2 Å². The number of aliphatic imine (C=N–C) groups is 1. The Morgan fingerprint density at radius 1 is 0.857 bits per heavy atom. The third-order valence-electron chi connectivity index (χ3n) is 11.6. The summed E-state index contributed by atoms with van der Waals surface area (Å²) in [6, 6.07) is 27.0. The third-order valence-corrected chi connectivity index (χ3v) is 11.6. The maximum atomic E-state index is 14.3. The summed E-state index contributed by atoms with van der Waals surface area (Å²) in [5.74, 6) is 1.59. The van der Waals surface area contributed by atoms with Crippen molar-refractivity contribution in [3.63, 3.8) is 0 Å². The van der Waals surface area contributed by atoms with E-state index in [4.69, 9.17) is 19.4 Å². The number of hydrogen-bond acceptors (Lipinski definition) is 8. The lowest BCUT2D eigenvalue weighted by molar-refractivity contribution is -0.138. The van der Waals surface area contributed by atoms with E-state index >= 15 is 0 Å². The molecule has 0 aliphatic heterocycles. The van der Waals surface area contributed by atoms with Gasteiger partial charge in [-0.2, -0.15) is 0 Å². The summed E-state index contributed by atoms with van der Waals surface area (Å²) in [5.41, 5.74) is 6.46. The minimum absolute atomic E-state index is 0.0129. The Morgan fingerprint density at radius 2 is 1.57 bits per heavy atom. The van der Waals surface area contributed by atoms with Gasteiger partial charge in [0.15, 0.2) is 5.90 Å². The molecule has 3 N–H and O–H groups in total. The monoisotopic (exact) mass is 852 g/mol. The first-order chi connectivity index (χ1) is 30.5. The number of rotatable bonds is 19. The van der Waals surface area contributed by atoms with Crippen LogP contribution in [-0.4, -0.2) is 93.3 Å². The van der Waals surface area contributed by atoms with Crippen molar-refractivity contribution < 1.29 is 23.9 Å². The van der Waals surface area contributed by atoms with E-state index in [0.717, 1.165) is 74.8 Å². The number of aromatic nitrogens is 4. The van der Waals surface area contributed by atoms with Crippen LogP contribution >= 0.6 is 0 Å². The smallest absolute Gasteiger partial charge is 0.250 e. The van der Waals surface area contributed by atoms with Crippen LogP contribution in [0.15, 0.2) is 96.1 Å². The van der Waals surface area contributed by atoms with Crippen LogP contribution < -0.4 is 5.32 Å². The lowest BCUT2D eigenvalue weighted by Gasteiger charge is -2.29. The number of fused-ring (bicyclic) bond motifs is 3. The first-order valence-electron chi connectivity index (χ1n) is 22.0. The Balaban J connectivity index is 1.07. The molecule has 3 amide bonds. The molecule has 2 heterocycles. The zero-order valence-electron chi connectivity index (χ0n) is 37.5. The van der Waals surface area contributed by atoms with Gasteiger partial charge in [-0.05, 0) is 70.9 Å². The molecule has 1 fully saturated rings. The minimum Gasteiger partial charge on any atom is -0.484 e. The summed E-state index contributed by atoms with van der Waals surface area (Å²) < 4.78 is 10.7. The maximum absolute atomic E-state index is 14.3. The van der Waals surface area contributed by atoms with Gasteiger partial charge in [-0.15, -0.1) is 0 Å². The van der Waals surface area contributed by atoms with E-state index in [0.29, 0.717) is 38.0 Å². The highest BCUT2D eigenvalue weighted by Crippen LogP contribution is 2.32. The molecule has 6 aromatic rings. The van der Waals surface area contributed by atoms with Crippen molar-refractivity contribution >= 4 is 45.4 Å². The number of carbonyl (C=O) groups excluding carboxylic acids is 3. The first-order valence-corrected chi connectivity index (χ1v) is 22.0. The number of amides is 3. The summed E-state index contributed by atoms with van der Waals surface area (Å²) in [5, 5.41) is 5.13. The van der Waals surface area contributed by atoms with Crippen molar-refractivity contribution in [3.05, 3.63) is 108 Å². The maximum Gasteiger partial charge on any atom is 0.250 e. The number of hydrogen-bond donors (Lipinski definition) is 3. The van der Waals surface area contributed by atoms with E-state index in [9.17, 15) is 14.4 Å². The molecule has 0 radical (unpaired) electrons. The molecule has 330 valence electrons. The molecule has 7 rings (SSSR count). The molecule has 4 aromatic carbocycles. The summed E-state index contributed by atoms with van der Waals surface area (Å²) in [6.07, 6.45) is 4.31. The van der Waals surface area contributed by atoms with Gasteiger partial charge in [0.05, 0.1) is 49.7 Å². The van der Waals surface area contributed by atoms with Crippen LogP contribution in [-0.2, 0) is 36.9 Å². The molecule has 1 aliphatic rings. The second-order valence-electron chi connectivity index (χ2n) is 17.1. The standard InChI is InChI=1S/C50H60N8O5/c1-8-24-57(49(60)45(31(2)3)52-33(5)63-7)29-44-53-41-23-21-39-25-38(20-22-40(39)47(41)55-44)34-14-16-35(17-15-34)42-26-51-43(54-42)28-58(27-32(4)30-62-6)50(61)46(36-12-10-9-11-13-36)56-48(59)37-18-19-37/h9-17,20-23,25-26,31-32,37,45-46H,8,18-19,24,27-30H2,1-7H3,(H,51,54)(H,53,55)(H,56,59). The highest BCUT2D eigenvalue weighted by Gasteiger charge is 2.35. The van der Waals surface area contributed by atoms with E-state index in [2.05, 4.69) is 75.7 Å². The molecule has 3 atom stereocenters. The Kier molecular flexibility index (Phi) is 14.4. The fraction of sp³-hybridized carbons (Fsp3) is 0.400. The van der Waals surface area contributed by atoms with Gasteiger partial charge in [0.1, 0.15) is 23.7 Å². The molecule has 13 nitrogen and oxygen atoms in total. The zero-order chi connectivity index (χ0) is 44.6. The molecule has 1 saturated carbocycles. The molecule has 63 heavy (non-hydrogen) atoms. The number of H-pyrrole nitrogens is 2. The molecular formula is C50H60N8O5. The molecule has 1 aliphatic carbocycles. The molecule has 2 aromatic heterocycles. The predicted octanol–water partition coefficient (Wildman–Crippen LogP) is 8.48. The number of imidazole rings is 2. The van der Waals surface area contributed by atoms with Gasteiger partial charge in [0, 0.05) is 38.4 Å². The minimum atomic E-state index is -0.804. The van der Waals surface area contributed by atoms with Crippen LogP contribution in [0.5, 0.6) is 0 Å². The highest BCUT2D eigenvalue weighted by molar-refractivity contribution is 6.05. The van der Waals surface area contributed by atoms with Crippen LogP contribution in [0.2, 0.25) is 0 Å². The fourth-order valence-electron chi connectivity index (χ4n) is 8.03. The number of nitrogens with one attached hydrogen (secondary N) is 3. The van der Waals surface area contributed by atoms with Gasteiger partial charge in [0.25, 0.3) is 0 Å². The molecule has 13 heteroatoms. The van der Waals surface area contributed by atoms with E-state index in [-0.39, 0.29) is 42.0 Å². The third kappa shape index (κ3) is 10.8. The Morgan fingerprint density at radius 3 is 2.25 bits per heavy atom. The van der Waals surface area contributed by atoms with Crippen molar-refractivity contribution in [1.29, 1.82) is 0 Å². The lowest BCUT2D eigenvalue weighted by atomic mass is 9.99. The van der Waals surface area contributed by atoms with Gasteiger partial charge in [-0.1, -0.05) is 100 Å². The van der Waals surface area contributed by atoms with Gasteiger partial charge >= 0.3 is 0 Å². The second-order valence-corrected chi connectivity index (χ2v) is 17.1. The average Bonchev–Trinajstić information content (AvgIpc) is 3.90. The van der Waals surface area contributed by atoms with E-state index in [1.807, 2.05) is 62.1 Å². The van der Waals surface area contributed by atoms with Gasteiger partial charge in [-0.25, -0.2) is 15.0 Å². The van der Waals surface area contributed by atoms with E-state index in [1.165, 1.54) is 0 Å². The Bertz CT molecular complexity index is 2540. The number of aromatic amines is 2. The van der Waals surface area contributed by atoms with Crippen LogP contribution in [0, 0.1) is 17.8 Å². The Labute approximate surface area is 369 Å². The quantitative estimate of drug-likeness (QED) is 0.0545. The van der Waals surface area contributed by atoms with Crippen LogP contribution in [0.1, 0.15) is 77.1 Å². The van der Waals surface area contributed by atoms with Crippen molar-refractivity contribution in [2.75, 3.05) is 33.9 Å². The molecule has 3 unspecified atom stereocenters. The largest absolute Gasteiger partial charge is 0.484 e. The SMILES string of the molecule is CCCN(Cc1nc2c(ccc3cc(-c4ccc(-c5cnc(CN(CC(C)COC)C(=O)C(NC(=O)C6CC6)c6ccccc6)[nH]5)cc4)ccc32)[nH]1)C(=O)C(N=C(C)OC)C(C)C. The number of methoxy groups -OCH3 is 2. The van der Waals surface area contributed by atoms with Crippen LogP contribution in [0.3, 0.4) is 0 Å². The average molecular weight is 853 g/mol. The topological polar surface area (TPSA) is 158 Å². The van der Waals surface area contributed by atoms with Gasteiger partial charge in [-0.3, -0.25) is 14.4 Å². The molecule has 0 saturated heterocycles. The van der Waals surface area contributed by atoms with Crippen molar-refractivity contribution in [3.8, 4) is 22.4 Å². The van der Waals surface area contributed by atoms with E-state index in [1.54, 1.807) is 32.2 Å². The zero-order valence-corrected chi connectivity index (χ0v) is 37.5. The molecular weight excluding hydrogens is 793 g/mol. The Hall–Kier alpha value is -6.34. The number of ether oxygens (including phenoxy) is 2. The fourth-order valence-corrected chi connectivity index (χ4v) is 8.03. The molecule has 0 bridgehead atoms. The summed E-state index contributed by atoms with van der Waals surface area (Å²) in [6.45, 7) is 12.0. The number of carbonyl (C=O) groups is 3. The predicted molar refractivity (Wildman–Crippen MR) is 248 cm³/mol. The summed E-state index contributed by atoms with van der Waals surface area (Å²) in [7, 11) is 3.22. The van der Waals surface area contributed by atoms with Gasteiger partial charge < -0.3 is 34.6 Å². The first kappa shape index (κ1) is 44.7. The second kappa shape index (κ2) is 20.2. The van der Waals surface area contributed by atoms with E-state index < -0.39 is 12.1 Å². The van der Waals surface area contributed by atoms with Gasteiger partial charge in [0.2, 0.25) is 17.7 Å². The number of nitrogens with zero attached hydrogens (tertiary/aromatic N) is 5. The lowest BCUT2D eigenvalue weighted by Crippen LogP contribution is -2.45. The normalized spacial score (nSPS) is 14.4. The number of benzene rings is 4. The van der Waals surface area contributed by atoms with Crippen molar-refractivity contribution in [1.82, 2.24) is 35.1 Å². The highest BCUT2D eigenvalue weighted by atomic mass is 16.5. The summed E-state index contributed by atoms with van der Waals surface area (Å²) in [4.78, 5) is 65.8. The van der Waals surface area contributed by atoms with Crippen LogP contribution in [0.4, 0.5) is 0 Å². The molecule has 0 spiro atoms.